The quantitative estimate of drug-likeness (QED) is 0.231. The summed E-state index contributed by atoms with van der Waals surface area (Å²) in [6.45, 7) is 6.49. The predicted octanol–water partition coefficient (Wildman–Crippen LogP) is 5.15. The first kappa shape index (κ1) is 21.9. The van der Waals surface area contributed by atoms with Crippen molar-refractivity contribution >= 4 is 17.4 Å². The Labute approximate surface area is 155 Å². The number of halogens is 1. The monoisotopic (exact) mass is 359 g/mol. The van der Waals surface area contributed by atoms with Crippen LogP contribution in [0.2, 0.25) is 0 Å². The third-order valence-corrected chi connectivity index (χ3v) is 5.64. The maximum absolute atomic E-state index is 9.50. The van der Waals surface area contributed by atoms with Crippen LogP contribution >= 0.6 is 11.6 Å². The molecule has 1 heterocycles. The van der Waals surface area contributed by atoms with Crippen molar-refractivity contribution in [2.24, 2.45) is 4.99 Å². The third-order valence-electron chi connectivity index (χ3n) is 5.37. The lowest BCUT2D eigenvalue weighted by Gasteiger charge is -2.34. The van der Waals surface area contributed by atoms with Crippen molar-refractivity contribution in [2.75, 3.05) is 38.7 Å². The summed E-state index contributed by atoms with van der Waals surface area (Å²) in [5.74, 6) is 2.09. The van der Waals surface area contributed by atoms with E-state index in [1.165, 1.54) is 63.6 Å². The largest absolute Gasteiger partial charge is 0.390 e. The van der Waals surface area contributed by atoms with Gasteiger partial charge in [0.25, 0.3) is 0 Å². The molecule has 0 saturated carbocycles. The summed E-state index contributed by atoms with van der Waals surface area (Å²) in [7, 11) is 0. The molecule has 142 valence electrons. The van der Waals surface area contributed by atoms with Gasteiger partial charge in [0.15, 0.2) is 5.84 Å². The number of amidine groups is 1. The Morgan fingerprint density at radius 2 is 1.58 bits per heavy atom. The van der Waals surface area contributed by atoms with Crippen molar-refractivity contribution in [3.05, 3.63) is 0 Å². The molecule has 1 aliphatic heterocycles. The van der Waals surface area contributed by atoms with E-state index in [0.717, 1.165) is 55.8 Å². The molecule has 1 unspecified atom stereocenters. The molecule has 0 spiro atoms. The number of unbranched alkanes of at least 4 members (excludes halogenated alkanes) is 9. The van der Waals surface area contributed by atoms with Gasteiger partial charge >= 0.3 is 0 Å². The molecule has 0 aromatic carbocycles. The molecule has 4 heteroatoms. The van der Waals surface area contributed by atoms with Gasteiger partial charge in [0.2, 0.25) is 0 Å². The molecule has 0 aliphatic carbocycles. The smallest absolute Gasteiger partial charge is 0.198 e. The molecule has 1 N–H and O–H groups in total. The highest BCUT2D eigenvalue weighted by Gasteiger charge is 2.36. The average Bonchev–Trinajstić information content (AvgIpc) is 2.97. The van der Waals surface area contributed by atoms with Gasteiger partial charge in [-0.05, 0) is 19.3 Å². The zero-order valence-corrected chi connectivity index (χ0v) is 16.7. The van der Waals surface area contributed by atoms with Gasteiger partial charge in [0.05, 0.1) is 19.7 Å². The molecule has 3 nitrogen and oxygen atoms in total. The predicted molar refractivity (Wildman–Crippen MR) is 106 cm³/mol. The number of hydrogen-bond acceptors (Lipinski definition) is 2. The fourth-order valence-electron chi connectivity index (χ4n) is 3.85. The molecule has 1 rings (SSSR count). The van der Waals surface area contributed by atoms with Gasteiger partial charge in [-0.25, -0.2) is 4.99 Å². The number of hydrogen-bond donors (Lipinski definition) is 1. The van der Waals surface area contributed by atoms with Crippen LogP contribution in [-0.2, 0) is 0 Å². The molecule has 0 aromatic heterocycles. The summed E-state index contributed by atoms with van der Waals surface area (Å²) in [6, 6.07) is 0. The number of aliphatic hydroxyl groups excluding tert-OH is 1. The molecular formula is C20H40ClN2O+. The molecule has 24 heavy (non-hydrogen) atoms. The van der Waals surface area contributed by atoms with Crippen LogP contribution in [0.1, 0.15) is 84.0 Å². The maximum Gasteiger partial charge on any atom is 0.198 e. The second-order valence-corrected chi connectivity index (χ2v) is 7.69. The van der Waals surface area contributed by atoms with E-state index in [-0.39, 0.29) is 6.61 Å². The van der Waals surface area contributed by atoms with E-state index in [0.29, 0.717) is 0 Å². The van der Waals surface area contributed by atoms with Gasteiger partial charge in [-0.3, -0.25) is 4.48 Å². The minimum absolute atomic E-state index is 0.262. The molecule has 0 bridgehead atoms. The van der Waals surface area contributed by atoms with Gasteiger partial charge in [-0.2, -0.15) is 0 Å². The summed E-state index contributed by atoms with van der Waals surface area (Å²) in [4.78, 5) is 4.80. The lowest BCUT2D eigenvalue weighted by molar-refractivity contribution is -0.837. The van der Waals surface area contributed by atoms with Crippen molar-refractivity contribution < 1.29 is 9.59 Å². The highest BCUT2D eigenvalue weighted by Crippen LogP contribution is 2.21. The lowest BCUT2D eigenvalue weighted by atomic mass is 10.1. The van der Waals surface area contributed by atoms with Crippen LogP contribution in [0.15, 0.2) is 4.99 Å². The normalized spacial score (nSPS) is 20.5. The highest BCUT2D eigenvalue weighted by atomic mass is 35.5. The second kappa shape index (κ2) is 14.1. The molecular weight excluding hydrogens is 320 g/mol. The Morgan fingerprint density at radius 3 is 2.21 bits per heavy atom. The van der Waals surface area contributed by atoms with Gasteiger partial charge in [-0.15, -0.1) is 11.6 Å². The lowest BCUT2D eigenvalue weighted by Crippen LogP contribution is -2.53. The highest BCUT2D eigenvalue weighted by molar-refractivity contribution is 6.17. The first-order valence-electron chi connectivity index (χ1n) is 10.4. The zero-order chi connectivity index (χ0) is 17.5. The molecule has 0 amide bonds. The van der Waals surface area contributed by atoms with Crippen LogP contribution in [0.5, 0.6) is 0 Å². The van der Waals surface area contributed by atoms with Crippen molar-refractivity contribution in [1.82, 2.24) is 0 Å². The molecule has 0 aromatic rings. The number of alkyl halides is 1. The van der Waals surface area contributed by atoms with Crippen molar-refractivity contribution in [3.63, 3.8) is 0 Å². The van der Waals surface area contributed by atoms with Crippen LogP contribution in [0, 0.1) is 0 Å². The summed E-state index contributed by atoms with van der Waals surface area (Å²) in [6.07, 6.45) is 15.6. The van der Waals surface area contributed by atoms with Gasteiger partial charge in [-0.1, -0.05) is 58.3 Å². The third kappa shape index (κ3) is 8.31. The average molecular weight is 360 g/mol. The first-order chi connectivity index (χ1) is 11.8. The van der Waals surface area contributed by atoms with E-state index in [2.05, 4.69) is 6.92 Å². The number of rotatable bonds is 16. The minimum Gasteiger partial charge on any atom is -0.390 e. The van der Waals surface area contributed by atoms with E-state index in [1.54, 1.807) is 0 Å². The first-order valence-corrected chi connectivity index (χ1v) is 10.9. The van der Waals surface area contributed by atoms with Crippen LogP contribution in [0.25, 0.3) is 0 Å². The number of nitrogens with zero attached hydrogens (tertiary/aromatic N) is 2. The van der Waals surface area contributed by atoms with E-state index in [4.69, 9.17) is 16.6 Å². The maximum atomic E-state index is 9.50. The van der Waals surface area contributed by atoms with Crippen LogP contribution in [0.3, 0.4) is 0 Å². The van der Waals surface area contributed by atoms with E-state index in [1.807, 2.05) is 0 Å². The Kier molecular flexibility index (Phi) is 12.9. The molecule has 0 fully saturated rings. The summed E-state index contributed by atoms with van der Waals surface area (Å²) in [5.41, 5.74) is 0. The van der Waals surface area contributed by atoms with Crippen LogP contribution in [-0.4, -0.2) is 54.1 Å². The second-order valence-electron chi connectivity index (χ2n) is 7.31. The van der Waals surface area contributed by atoms with E-state index in [9.17, 15) is 5.11 Å². The van der Waals surface area contributed by atoms with Gasteiger partial charge in [0.1, 0.15) is 13.1 Å². The zero-order valence-electron chi connectivity index (χ0n) is 15.9. The Morgan fingerprint density at radius 1 is 0.917 bits per heavy atom. The van der Waals surface area contributed by atoms with Gasteiger partial charge in [0, 0.05) is 12.3 Å². The molecule has 1 atom stereocenters. The van der Waals surface area contributed by atoms with Crippen molar-refractivity contribution in [2.45, 2.75) is 84.0 Å². The summed E-state index contributed by atoms with van der Waals surface area (Å²) < 4.78 is 0.935. The van der Waals surface area contributed by atoms with Crippen LogP contribution < -0.4 is 0 Å². The molecule has 0 saturated heterocycles. The summed E-state index contributed by atoms with van der Waals surface area (Å²) >= 11 is 5.83. The molecule has 0 radical (unpaired) electrons. The summed E-state index contributed by atoms with van der Waals surface area (Å²) in [5, 5.41) is 9.50. The molecule has 1 aliphatic rings. The van der Waals surface area contributed by atoms with Crippen molar-refractivity contribution in [3.8, 4) is 0 Å². The topological polar surface area (TPSA) is 32.6 Å². The fourth-order valence-corrected chi connectivity index (χ4v) is 4.04. The number of aliphatic imine (C=N–C) groups is 1. The van der Waals surface area contributed by atoms with E-state index >= 15 is 0 Å². The van der Waals surface area contributed by atoms with Crippen molar-refractivity contribution in [1.29, 1.82) is 0 Å². The minimum atomic E-state index is 0.262. The Bertz CT molecular complexity index is 336. The number of quaternary nitrogens is 1. The SMILES string of the molecule is CCCCCCCCCCCC1=NCC[N+]1(CCO)CCCCCl. The van der Waals surface area contributed by atoms with Gasteiger partial charge < -0.3 is 5.11 Å². The standard InChI is InChI=1S/C20H40ClN2O/c1-2-3-4-5-6-7-8-9-10-13-20-22-15-17-23(20,18-19-24)16-12-11-14-21/h24H,2-19H2,1H3/q+1. The fraction of sp³-hybridized carbons (Fsp3) is 0.950. The Hall–Kier alpha value is -0.120. The number of aliphatic hydroxyl groups is 1. The van der Waals surface area contributed by atoms with E-state index < -0.39 is 0 Å². The van der Waals surface area contributed by atoms with Crippen LogP contribution in [0.4, 0.5) is 0 Å². The Balaban J connectivity index is 2.21.